The quantitative estimate of drug-likeness (QED) is 0.629. The first-order valence-electron chi connectivity index (χ1n) is 5.14. The fraction of sp³-hybridized carbons (Fsp3) is 0. The van der Waals surface area contributed by atoms with Gasteiger partial charge in [0.1, 0.15) is 16.5 Å². The molecule has 0 fully saturated rings. The van der Waals surface area contributed by atoms with E-state index in [2.05, 4.69) is 19.0 Å². The summed E-state index contributed by atoms with van der Waals surface area (Å²) in [6, 6.07) is 5.11. The average molecular weight is 332 g/mol. The predicted octanol–water partition coefficient (Wildman–Crippen LogP) is 5.51. The molecular formula is C11H5Cl3N4S. The van der Waals surface area contributed by atoms with Crippen LogP contribution in [-0.4, -0.2) is 4.98 Å². The van der Waals surface area contributed by atoms with E-state index >= 15 is 0 Å². The molecule has 2 heterocycles. The highest BCUT2D eigenvalue weighted by atomic mass is 35.5. The number of nitrogens with zero attached hydrogens (tertiary/aromatic N) is 3. The Bertz CT molecular complexity index is 741. The summed E-state index contributed by atoms with van der Waals surface area (Å²) in [6.07, 6.45) is 1.60. The lowest BCUT2D eigenvalue weighted by atomic mass is 10.2. The zero-order valence-electron chi connectivity index (χ0n) is 9.19. The van der Waals surface area contributed by atoms with E-state index in [1.54, 1.807) is 24.4 Å². The minimum Gasteiger partial charge on any atom is -0.352 e. The van der Waals surface area contributed by atoms with Gasteiger partial charge >= 0.3 is 0 Å². The van der Waals surface area contributed by atoms with Gasteiger partial charge in [0.2, 0.25) is 0 Å². The molecule has 0 saturated heterocycles. The predicted molar refractivity (Wildman–Crippen MR) is 80.5 cm³/mol. The summed E-state index contributed by atoms with van der Waals surface area (Å²) in [5, 5.41) is 4.50. The molecule has 1 N–H and O–H groups in total. The Kier molecular flexibility index (Phi) is 3.45. The number of rotatable bonds is 2. The second-order valence-corrected chi connectivity index (χ2v) is 5.40. The molecule has 0 spiro atoms. The number of aromatic nitrogens is 1. The van der Waals surface area contributed by atoms with E-state index in [0.717, 1.165) is 17.0 Å². The summed E-state index contributed by atoms with van der Waals surface area (Å²) < 4.78 is 8.35. The molecule has 96 valence electrons. The highest BCUT2D eigenvalue weighted by Gasteiger charge is 2.18. The van der Waals surface area contributed by atoms with Crippen LogP contribution in [0, 0.1) is 0 Å². The molecule has 4 nitrogen and oxygen atoms in total. The van der Waals surface area contributed by atoms with Crippen LogP contribution in [0.3, 0.4) is 0 Å². The van der Waals surface area contributed by atoms with Crippen LogP contribution in [-0.2, 0) is 11.4 Å². The summed E-state index contributed by atoms with van der Waals surface area (Å²) in [4.78, 5) is 3.92. The molecule has 1 aromatic carbocycles. The maximum Gasteiger partial charge on any atom is 0.131 e. The standard InChI is InChI=1S/C11H5Cl3N4S/c12-6-4-7(13)10-11(18-19-17-10)9(6)16-5-1-2-15-8(14)3-5/h1-4H,(H,15,16). The van der Waals surface area contributed by atoms with Gasteiger partial charge in [-0.05, 0) is 18.2 Å². The molecule has 0 amide bonds. The highest BCUT2D eigenvalue weighted by Crippen LogP contribution is 2.48. The second kappa shape index (κ2) is 5.09. The Morgan fingerprint density at radius 2 is 1.79 bits per heavy atom. The fourth-order valence-corrected chi connectivity index (χ4v) is 2.95. The van der Waals surface area contributed by atoms with Crippen LogP contribution in [0.5, 0.6) is 0 Å². The van der Waals surface area contributed by atoms with Crippen molar-refractivity contribution >= 4 is 68.9 Å². The summed E-state index contributed by atoms with van der Waals surface area (Å²) in [6.45, 7) is 0. The summed E-state index contributed by atoms with van der Waals surface area (Å²) in [5.74, 6) is 0. The second-order valence-electron chi connectivity index (χ2n) is 3.67. The van der Waals surface area contributed by atoms with Gasteiger partial charge < -0.3 is 5.32 Å². The maximum absolute atomic E-state index is 6.20. The first-order valence-corrected chi connectivity index (χ1v) is 7.00. The van der Waals surface area contributed by atoms with Gasteiger partial charge in [0.05, 0.1) is 27.1 Å². The maximum atomic E-state index is 6.20. The van der Waals surface area contributed by atoms with Gasteiger partial charge in [-0.1, -0.05) is 34.8 Å². The molecule has 1 aliphatic rings. The Hall–Kier alpha value is -1.14. The Balaban J connectivity index is 2.07. The SMILES string of the molecule is Clc1cc(Nc2c(Cl)cc(Cl)c3c2N=S=N3)ccn1. The number of hydrogen-bond acceptors (Lipinski definition) is 4. The van der Waals surface area contributed by atoms with Gasteiger partial charge in [0.15, 0.2) is 0 Å². The van der Waals surface area contributed by atoms with Crippen molar-refractivity contribution in [3.05, 3.63) is 39.6 Å². The Morgan fingerprint density at radius 1 is 1.00 bits per heavy atom. The topological polar surface area (TPSA) is 49.6 Å². The van der Waals surface area contributed by atoms with Crippen molar-refractivity contribution in [2.75, 3.05) is 5.32 Å². The minimum atomic E-state index is 0.391. The van der Waals surface area contributed by atoms with Crippen molar-refractivity contribution in [2.45, 2.75) is 0 Å². The van der Waals surface area contributed by atoms with Crippen LogP contribution in [0.1, 0.15) is 0 Å². The molecule has 0 atom stereocenters. The molecule has 8 heteroatoms. The van der Waals surface area contributed by atoms with Crippen LogP contribution in [0.2, 0.25) is 15.2 Å². The molecule has 0 aliphatic carbocycles. The number of nitrogens with one attached hydrogen (secondary N) is 1. The zero-order chi connectivity index (χ0) is 13.4. The number of pyridine rings is 1. The minimum absolute atomic E-state index is 0.391. The number of benzene rings is 1. The first kappa shape index (κ1) is 12.9. The van der Waals surface area contributed by atoms with Crippen molar-refractivity contribution in [1.82, 2.24) is 4.98 Å². The number of anilines is 2. The van der Waals surface area contributed by atoms with Gasteiger partial charge in [-0.25, -0.2) is 4.98 Å². The molecule has 0 unspecified atom stereocenters. The van der Waals surface area contributed by atoms with E-state index in [9.17, 15) is 0 Å². The summed E-state index contributed by atoms with van der Waals surface area (Å²) in [5.41, 5.74) is 2.67. The molecule has 2 aromatic rings. The highest BCUT2D eigenvalue weighted by molar-refractivity contribution is 7.58. The molecule has 0 bridgehead atoms. The van der Waals surface area contributed by atoms with E-state index in [4.69, 9.17) is 34.8 Å². The van der Waals surface area contributed by atoms with E-state index in [0.29, 0.717) is 32.3 Å². The van der Waals surface area contributed by atoms with Crippen molar-refractivity contribution in [3.8, 4) is 0 Å². The van der Waals surface area contributed by atoms with Gasteiger partial charge in [-0.3, -0.25) is 0 Å². The monoisotopic (exact) mass is 330 g/mol. The Morgan fingerprint density at radius 3 is 2.58 bits per heavy atom. The number of halogens is 3. The van der Waals surface area contributed by atoms with E-state index in [1.165, 1.54) is 0 Å². The van der Waals surface area contributed by atoms with Gasteiger partial charge in [0, 0.05) is 11.9 Å². The lowest BCUT2D eigenvalue weighted by Gasteiger charge is -2.12. The van der Waals surface area contributed by atoms with Crippen LogP contribution in [0.4, 0.5) is 22.7 Å². The largest absolute Gasteiger partial charge is 0.352 e. The lowest BCUT2D eigenvalue weighted by Crippen LogP contribution is -1.92. The third kappa shape index (κ3) is 2.47. The molecule has 3 rings (SSSR count). The van der Waals surface area contributed by atoms with Crippen molar-refractivity contribution in [2.24, 2.45) is 8.73 Å². The smallest absolute Gasteiger partial charge is 0.131 e. The van der Waals surface area contributed by atoms with E-state index in [-0.39, 0.29) is 0 Å². The summed E-state index contributed by atoms with van der Waals surface area (Å²) in [7, 11) is 0. The van der Waals surface area contributed by atoms with Crippen LogP contribution in [0.15, 0.2) is 33.1 Å². The number of hydrogen-bond donors (Lipinski definition) is 1. The zero-order valence-corrected chi connectivity index (χ0v) is 12.3. The van der Waals surface area contributed by atoms with Crippen LogP contribution in [0.25, 0.3) is 0 Å². The van der Waals surface area contributed by atoms with Crippen molar-refractivity contribution < 1.29 is 0 Å². The van der Waals surface area contributed by atoms with E-state index in [1.807, 2.05) is 0 Å². The fourth-order valence-electron chi connectivity index (χ4n) is 1.62. The van der Waals surface area contributed by atoms with Gasteiger partial charge in [-0.2, -0.15) is 8.73 Å². The first-order chi connectivity index (χ1) is 9.15. The van der Waals surface area contributed by atoms with Crippen molar-refractivity contribution in [1.29, 1.82) is 0 Å². The normalized spacial score (nSPS) is 12.2. The van der Waals surface area contributed by atoms with Gasteiger partial charge in [0.25, 0.3) is 0 Å². The molecule has 1 aromatic heterocycles. The molecule has 1 aliphatic heterocycles. The molecule has 0 saturated carbocycles. The third-order valence-corrected chi connectivity index (χ3v) is 3.76. The summed E-state index contributed by atoms with van der Waals surface area (Å²) >= 11 is 19.2. The average Bonchev–Trinajstić information content (AvgIpc) is 2.84. The van der Waals surface area contributed by atoms with Crippen LogP contribution >= 0.6 is 34.8 Å². The Labute approximate surface area is 127 Å². The lowest BCUT2D eigenvalue weighted by molar-refractivity contribution is 1.32. The third-order valence-electron chi connectivity index (χ3n) is 2.44. The molecule has 0 radical (unpaired) electrons. The molecule has 19 heavy (non-hydrogen) atoms. The number of fused-ring (bicyclic) bond motifs is 1. The van der Waals surface area contributed by atoms with E-state index < -0.39 is 0 Å². The van der Waals surface area contributed by atoms with Gasteiger partial charge in [-0.15, -0.1) is 0 Å². The molecular weight excluding hydrogens is 327 g/mol. The van der Waals surface area contributed by atoms with Crippen LogP contribution < -0.4 is 5.32 Å². The van der Waals surface area contributed by atoms with Crippen molar-refractivity contribution in [3.63, 3.8) is 0 Å².